The average molecular weight is 337 g/mol. The van der Waals surface area contributed by atoms with Crippen molar-refractivity contribution in [2.24, 2.45) is 0 Å². The van der Waals surface area contributed by atoms with Gasteiger partial charge in [-0.2, -0.15) is 0 Å². The van der Waals surface area contributed by atoms with Crippen molar-refractivity contribution in [1.29, 1.82) is 0 Å². The van der Waals surface area contributed by atoms with Gasteiger partial charge in [0.15, 0.2) is 0 Å². The highest BCUT2D eigenvalue weighted by molar-refractivity contribution is 5.68. The molecule has 1 heterocycles. The van der Waals surface area contributed by atoms with E-state index in [2.05, 4.69) is 79.3 Å². The van der Waals surface area contributed by atoms with E-state index in [-0.39, 0.29) is 0 Å². The smallest absolute Gasteiger partial charge is 0.0240 e. The van der Waals surface area contributed by atoms with Gasteiger partial charge in [0, 0.05) is 19.6 Å². The second kappa shape index (κ2) is 8.64. The lowest BCUT2D eigenvalue weighted by atomic mass is 9.90. The zero-order valence-corrected chi connectivity index (χ0v) is 16.0. The molecule has 0 aromatic heterocycles. The van der Waals surface area contributed by atoms with Gasteiger partial charge >= 0.3 is 0 Å². The molecular formula is C23H32N2. The van der Waals surface area contributed by atoms with E-state index in [1.54, 1.807) is 0 Å². The normalized spacial score (nSPS) is 19.1. The molecule has 0 spiro atoms. The first kappa shape index (κ1) is 18.2. The molecule has 1 aliphatic rings. The summed E-state index contributed by atoms with van der Waals surface area (Å²) in [5.74, 6) is 0.641. The molecule has 2 aromatic carbocycles. The van der Waals surface area contributed by atoms with Crippen LogP contribution in [0.5, 0.6) is 0 Å². The van der Waals surface area contributed by atoms with Crippen LogP contribution in [0.2, 0.25) is 0 Å². The van der Waals surface area contributed by atoms with Crippen LogP contribution in [0.25, 0.3) is 11.1 Å². The van der Waals surface area contributed by atoms with Crippen LogP contribution in [0.1, 0.15) is 43.2 Å². The zero-order chi connectivity index (χ0) is 17.6. The molecule has 1 atom stereocenters. The van der Waals surface area contributed by atoms with Gasteiger partial charge in [-0.25, -0.2) is 0 Å². The van der Waals surface area contributed by atoms with Gasteiger partial charge in [0.2, 0.25) is 0 Å². The van der Waals surface area contributed by atoms with Crippen LogP contribution < -0.4 is 0 Å². The van der Waals surface area contributed by atoms with Gasteiger partial charge in [0.05, 0.1) is 0 Å². The average Bonchev–Trinajstić information content (AvgIpc) is 2.62. The number of hydrogen-bond donors (Lipinski definition) is 0. The summed E-state index contributed by atoms with van der Waals surface area (Å²) < 4.78 is 0. The van der Waals surface area contributed by atoms with E-state index in [0.717, 1.165) is 19.6 Å². The van der Waals surface area contributed by atoms with Crippen molar-refractivity contribution < 1.29 is 0 Å². The number of fused-ring (bicyclic) bond motifs is 4. The van der Waals surface area contributed by atoms with Crippen molar-refractivity contribution in [3.05, 3.63) is 59.7 Å². The monoisotopic (exact) mass is 336 g/mol. The molecule has 0 aliphatic carbocycles. The van der Waals surface area contributed by atoms with Crippen LogP contribution in [0.15, 0.2) is 48.5 Å². The van der Waals surface area contributed by atoms with Gasteiger partial charge in [-0.1, -0.05) is 61.9 Å². The Morgan fingerprint density at radius 3 is 2.72 bits per heavy atom. The van der Waals surface area contributed by atoms with E-state index in [1.807, 2.05) is 0 Å². The van der Waals surface area contributed by atoms with E-state index in [1.165, 1.54) is 48.1 Å². The van der Waals surface area contributed by atoms with Gasteiger partial charge in [-0.05, 0) is 61.7 Å². The Balaban J connectivity index is 1.94. The lowest BCUT2D eigenvalue weighted by Gasteiger charge is -2.26. The fraction of sp³-hybridized carbons (Fsp3) is 0.478. The molecule has 0 N–H and O–H groups in total. The van der Waals surface area contributed by atoms with E-state index >= 15 is 0 Å². The Bertz CT molecular complexity index is 677. The van der Waals surface area contributed by atoms with E-state index in [0.29, 0.717) is 5.92 Å². The highest BCUT2D eigenvalue weighted by Gasteiger charge is 2.14. The largest absolute Gasteiger partial charge is 0.308 e. The summed E-state index contributed by atoms with van der Waals surface area (Å²) >= 11 is 0. The molecule has 1 unspecified atom stereocenters. The second-order valence-electron chi connectivity index (χ2n) is 7.76. The van der Waals surface area contributed by atoms with Gasteiger partial charge in [-0.3, -0.25) is 4.90 Å². The summed E-state index contributed by atoms with van der Waals surface area (Å²) in [7, 11) is 4.33. The minimum atomic E-state index is 0.641. The molecule has 134 valence electrons. The molecule has 25 heavy (non-hydrogen) atoms. The van der Waals surface area contributed by atoms with Crippen molar-refractivity contribution in [1.82, 2.24) is 9.80 Å². The molecule has 0 amide bonds. The van der Waals surface area contributed by atoms with Crippen LogP contribution in [-0.4, -0.2) is 43.5 Å². The van der Waals surface area contributed by atoms with E-state index in [4.69, 9.17) is 0 Å². The molecule has 0 radical (unpaired) electrons. The van der Waals surface area contributed by atoms with E-state index < -0.39 is 0 Å². The summed E-state index contributed by atoms with van der Waals surface area (Å²) in [6.07, 6.45) is 3.89. The third-order valence-corrected chi connectivity index (χ3v) is 5.40. The fourth-order valence-corrected chi connectivity index (χ4v) is 3.76. The summed E-state index contributed by atoms with van der Waals surface area (Å²) in [4.78, 5) is 4.92. The summed E-state index contributed by atoms with van der Waals surface area (Å²) in [6.45, 7) is 6.87. The van der Waals surface area contributed by atoms with Crippen molar-refractivity contribution in [2.75, 3.05) is 33.7 Å². The van der Waals surface area contributed by atoms with Crippen molar-refractivity contribution in [3.63, 3.8) is 0 Å². The maximum atomic E-state index is 2.63. The second-order valence-corrected chi connectivity index (χ2v) is 7.76. The quantitative estimate of drug-likeness (QED) is 0.778. The minimum absolute atomic E-state index is 0.641. The molecular weight excluding hydrogens is 304 g/mol. The molecule has 0 saturated carbocycles. The molecule has 0 saturated heterocycles. The predicted molar refractivity (Wildman–Crippen MR) is 108 cm³/mol. The maximum absolute atomic E-state index is 2.63. The topological polar surface area (TPSA) is 6.48 Å². The third kappa shape index (κ3) is 4.93. The van der Waals surface area contributed by atoms with Crippen molar-refractivity contribution in [3.8, 4) is 11.1 Å². The Kier molecular flexibility index (Phi) is 6.28. The van der Waals surface area contributed by atoms with E-state index in [9.17, 15) is 0 Å². The summed E-state index contributed by atoms with van der Waals surface area (Å²) in [5, 5.41) is 0. The lowest BCUT2D eigenvalue weighted by molar-refractivity contribution is 0.229. The molecule has 0 fully saturated rings. The predicted octanol–water partition coefficient (Wildman–Crippen LogP) is 5.00. The van der Waals surface area contributed by atoms with Crippen molar-refractivity contribution >= 4 is 0 Å². The Morgan fingerprint density at radius 2 is 1.88 bits per heavy atom. The Labute approximate surface area is 153 Å². The van der Waals surface area contributed by atoms with Crippen molar-refractivity contribution in [2.45, 2.75) is 38.6 Å². The first-order valence-corrected chi connectivity index (χ1v) is 9.69. The molecule has 2 nitrogen and oxygen atoms in total. The summed E-state index contributed by atoms with van der Waals surface area (Å²) in [5.41, 5.74) is 5.70. The van der Waals surface area contributed by atoms with Crippen LogP contribution in [0, 0.1) is 0 Å². The fourth-order valence-electron chi connectivity index (χ4n) is 3.76. The third-order valence-electron chi connectivity index (χ3n) is 5.40. The minimum Gasteiger partial charge on any atom is -0.308 e. The van der Waals surface area contributed by atoms with Crippen LogP contribution in [0.4, 0.5) is 0 Å². The number of benzene rings is 2. The number of likely N-dealkylation sites (N-methyl/N-ethyl adjacent to an activating group) is 1. The Morgan fingerprint density at radius 1 is 1.04 bits per heavy atom. The first-order chi connectivity index (χ1) is 12.1. The molecule has 2 aromatic rings. The first-order valence-electron chi connectivity index (χ1n) is 9.69. The van der Waals surface area contributed by atoms with Gasteiger partial charge in [0.25, 0.3) is 0 Å². The highest BCUT2D eigenvalue weighted by atomic mass is 15.2. The van der Waals surface area contributed by atoms with Gasteiger partial charge < -0.3 is 4.90 Å². The number of nitrogens with zero attached hydrogens (tertiary/aromatic N) is 2. The molecule has 1 aliphatic heterocycles. The molecule has 2 heteroatoms. The van der Waals surface area contributed by atoms with Crippen LogP contribution in [0.3, 0.4) is 0 Å². The van der Waals surface area contributed by atoms with Gasteiger partial charge in [0.1, 0.15) is 0 Å². The van der Waals surface area contributed by atoms with Crippen LogP contribution >= 0.6 is 0 Å². The van der Waals surface area contributed by atoms with Gasteiger partial charge in [-0.15, -0.1) is 0 Å². The molecule has 2 bridgehead atoms. The van der Waals surface area contributed by atoms with Crippen LogP contribution in [-0.2, 0) is 6.54 Å². The standard InChI is InChI=1S/C23H32N2/c1-19-9-6-7-14-25(16-15-24(2)3)18-22-10-4-5-13-23(22)21-12-8-11-20(19)17-21/h4-5,8,10-13,17,19H,6-7,9,14-16,18H2,1-3H3. The number of rotatable bonds is 3. The Hall–Kier alpha value is -1.64. The zero-order valence-electron chi connectivity index (χ0n) is 16.0. The summed E-state index contributed by atoms with van der Waals surface area (Å²) in [6, 6.07) is 18.2. The SMILES string of the molecule is CC1CCCCN(CCN(C)C)Cc2ccccc2-c2cccc1c2. The highest BCUT2D eigenvalue weighted by Crippen LogP contribution is 2.30. The maximum Gasteiger partial charge on any atom is 0.0240 e. The molecule has 3 rings (SSSR count). The lowest BCUT2D eigenvalue weighted by Crippen LogP contribution is -2.32. The number of hydrogen-bond acceptors (Lipinski definition) is 2.